The van der Waals surface area contributed by atoms with E-state index in [4.69, 9.17) is 9.16 Å². The van der Waals surface area contributed by atoms with Crippen LogP contribution in [0.4, 0.5) is 0 Å². The molecule has 19 heavy (non-hydrogen) atoms. The van der Waals surface area contributed by atoms with Gasteiger partial charge in [0.1, 0.15) is 5.75 Å². The molecule has 5 heteroatoms. The minimum atomic E-state index is -1.90. The van der Waals surface area contributed by atoms with E-state index in [1.807, 2.05) is 12.1 Å². The van der Waals surface area contributed by atoms with Gasteiger partial charge in [-0.2, -0.15) is 0 Å². The second-order valence-electron chi connectivity index (χ2n) is 6.00. The number of hydrogen-bond donors (Lipinski definition) is 0. The van der Waals surface area contributed by atoms with Gasteiger partial charge in [0.15, 0.2) is 0 Å². The molecule has 3 nitrogen and oxygen atoms in total. The molecule has 1 aromatic rings. The van der Waals surface area contributed by atoms with Crippen molar-refractivity contribution in [3.8, 4) is 5.75 Å². The first kappa shape index (κ1) is 16.2. The lowest BCUT2D eigenvalue weighted by atomic mass is 10.2. The van der Waals surface area contributed by atoms with Crippen molar-refractivity contribution in [1.82, 2.24) is 0 Å². The second kappa shape index (κ2) is 5.67. The summed E-state index contributed by atoms with van der Waals surface area (Å²) in [6.45, 7) is 10.9. The van der Waals surface area contributed by atoms with Crippen LogP contribution in [0, 0.1) is 0 Å². The molecule has 0 aliphatic rings. The van der Waals surface area contributed by atoms with Gasteiger partial charge >= 0.3 is 5.97 Å². The van der Waals surface area contributed by atoms with Gasteiger partial charge < -0.3 is 9.16 Å². The zero-order valence-corrected chi connectivity index (χ0v) is 14.9. The van der Waals surface area contributed by atoms with Crippen LogP contribution < -0.4 is 4.43 Å². The van der Waals surface area contributed by atoms with Gasteiger partial charge in [-0.1, -0.05) is 20.8 Å². The number of esters is 1. The quantitative estimate of drug-likeness (QED) is 0.592. The summed E-state index contributed by atoms with van der Waals surface area (Å²) in [6.07, 6.45) is 0. The molecule has 0 aliphatic carbocycles. The van der Waals surface area contributed by atoms with E-state index in [0.29, 0.717) is 10.0 Å². The number of carbonyl (C=O) groups excluding carboxylic acids is 1. The number of ether oxygens (including phenoxy) is 1. The molecule has 0 aliphatic heterocycles. The summed E-state index contributed by atoms with van der Waals surface area (Å²) in [4.78, 5) is 11.7. The molecule has 0 atom stereocenters. The van der Waals surface area contributed by atoms with Gasteiger partial charge in [-0.05, 0) is 52.3 Å². The van der Waals surface area contributed by atoms with Gasteiger partial charge in [-0.3, -0.25) is 0 Å². The molecule has 0 heterocycles. The lowest BCUT2D eigenvalue weighted by molar-refractivity contribution is 0.0599. The van der Waals surface area contributed by atoms with E-state index in [0.717, 1.165) is 5.75 Å². The van der Waals surface area contributed by atoms with Crippen molar-refractivity contribution in [1.29, 1.82) is 0 Å². The number of hydrogen-bond acceptors (Lipinski definition) is 3. The average molecular weight is 345 g/mol. The van der Waals surface area contributed by atoms with Crippen LogP contribution >= 0.6 is 15.9 Å². The molecule has 0 fully saturated rings. The summed E-state index contributed by atoms with van der Waals surface area (Å²) < 4.78 is 11.6. The first-order valence-corrected chi connectivity index (χ1v) is 9.85. The van der Waals surface area contributed by atoms with Gasteiger partial charge in [0.2, 0.25) is 8.32 Å². The topological polar surface area (TPSA) is 35.5 Å². The van der Waals surface area contributed by atoms with Crippen LogP contribution in [0.25, 0.3) is 0 Å². The standard InChI is InChI=1S/C14H21BrO3Si/c1-14(2,3)19(5,6)18-10-7-8-12(15)11(9-10)13(16)17-4/h7-9H,1-6H3. The fraction of sp³-hybridized carbons (Fsp3) is 0.500. The van der Waals surface area contributed by atoms with E-state index in [9.17, 15) is 4.79 Å². The monoisotopic (exact) mass is 344 g/mol. The lowest BCUT2D eigenvalue weighted by Gasteiger charge is -2.36. The Morgan fingerprint density at radius 1 is 1.26 bits per heavy atom. The Morgan fingerprint density at radius 3 is 2.32 bits per heavy atom. The van der Waals surface area contributed by atoms with Crippen LogP contribution in [-0.2, 0) is 4.74 Å². The van der Waals surface area contributed by atoms with E-state index in [-0.39, 0.29) is 11.0 Å². The van der Waals surface area contributed by atoms with Crippen LogP contribution in [0.2, 0.25) is 18.1 Å². The minimum absolute atomic E-state index is 0.117. The first-order chi connectivity index (χ1) is 8.58. The van der Waals surface area contributed by atoms with Crippen LogP contribution in [0.1, 0.15) is 31.1 Å². The molecule has 1 rings (SSSR count). The molecular weight excluding hydrogens is 324 g/mol. The number of benzene rings is 1. The fourth-order valence-corrected chi connectivity index (χ4v) is 2.71. The maximum absolute atomic E-state index is 11.7. The van der Waals surface area contributed by atoms with Crippen molar-refractivity contribution < 1.29 is 14.0 Å². The van der Waals surface area contributed by atoms with Crippen LogP contribution in [0.3, 0.4) is 0 Å². The summed E-state index contributed by atoms with van der Waals surface area (Å²) >= 11 is 3.35. The van der Waals surface area contributed by atoms with Crippen molar-refractivity contribution in [3.05, 3.63) is 28.2 Å². The summed E-state index contributed by atoms with van der Waals surface area (Å²) in [5, 5.41) is 0.117. The molecule has 0 bridgehead atoms. The van der Waals surface area contributed by atoms with Gasteiger partial charge in [0, 0.05) is 4.47 Å². The van der Waals surface area contributed by atoms with Crippen molar-refractivity contribution in [3.63, 3.8) is 0 Å². The SMILES string of the molecule is COC(=O)c1cc(O[Si](C)(C)C(C)(C)C)ccc1Br. The highest BCUT2D eigenvalue weighted by molar-refractivity contribution is 9.10. The molecule has 0 N–H and O–H groups in total. The smallest absolute Gasteiger partial charge is 0.339 e. The van der Waals surface area contributed by atoms with Gasteiger partial charge in [-0.15, -0.1) is 0 Å². The average Bonchev–Trinajstić information content (AvgIpc) is 2.29. The highest BCUT2D eigenvalue weighted by atomic mass is 79.9. The highest BCUT2D eigenvalue weighted by Gasteiger charge is 2.39. The zero-order chi connectivity index (χ0) is 14.8. The molecule has 106 valence electrons. The molecule has 0 radical (unpaired) electrons. The van der Waals surface area contributed by atoms with Crippen molar-refractivity contribution in [2.75, 3.05) is 7.11 Å². The first-order valence-electron chi connectivity index (χ1n) is 6.15. The molecule has 0 saturated carbocycles. The summed E-state index contributed by atoms with van der Waals surface area (Å²) in [5.74, 6) is 0.350. The molecule has 0 aromatic heterocycles. The van der Waals surface area contributed by atoms with Gasteiger partial charge in [0.05, 0.1) is 12.7 Å². The van der Waals surface area contributed by atoms with Gasteiger partial charge in [0.25, 0.3) is 0 Å². The Morgan fingerprint density at radius 2 is 1.84 bits per heavy atom. The largest absolute Gasteiger partial charge is 0.543 e. The van der Waals surface area contributed by atoms with E-state index in [2.05, 4.69) is 49.8 Å². The maximum atomic E-state index is 11.7. The van der Waals surface area contributed by atoms with E-state index in [1.54, 1.807) is 6.07 Å². The Bertz CT molecular complexity index is 478. The Balaban J connectivity index is 3.08. The number of rotatable bonds is 3. The van der Waals surface area contributed by atoms with Crippen molar-refractivity contribution in [2.45, 2.75) is 38.9 Å². The molecular formula is C14H21BrO3Si. The van der Waals surface area contributed by atoms with Crippen LogP contribution in [0.5, 0.6) is 5.75 Å². The van der Waals surface area contributed by atoms with E-state index >= 15 is 0 Å². The number of methoxy groups -OCH3 is 1. The predicted octanol–water partition coefficient (Wildman–Crippen LogP) is 4.62. The Hall–Kier alpha value is -0.813. The molecule has 0 spiro atoms. The summed E-state index contributed by atoms with van der Waals surface area (Å²) in [7, 11) is -0.527. The summed E-state index contributed by atoms with van der Waals surface area (Å²) in [6, 6.07) is 5.42. The molecule has 0 unspecified atom stereocenters. The molecule has 0 saturated heterocycles. The fourth-order valence-electron chi connectivity index (χ4n) is 1.28. The van der Waals surface area contributed by atoms with Gasteiger partial charge in [-0.25, -0.2) is 4.79 Å². The predicted molar refractivity (Wildman–Crippen MR) is 83.3 cm³/mol. The molecule has 0 amide bonds. The Kier molecular flexibility index (Phi) is 4.85. The van der Waals surface area contributed by atoms with E-state index < -0.39 is 8.32 Å². The normalized spacial score (nSPS) is 12.2. The van der Waals surface area contributed by atoms with Crippen LogP contribution in [-0.4, -0.2) is 21.4 Å². The third-order valence-corrected chi connectivity index (χ3v) is 8.57. The van der Waals surface area contributed by atoms with Crippen LogP contribution in [0.15, 0.2) is 22.7 Å². The number of halogens is 1. The lowest BCUT2D eigenvalue weighted by Crippen LogP contribution is -2.43. The highest BCUT2D eigenvalue weighted by Crippen LogP contribution is 2.38. The Labute approximate surface area is 124 Å². The van der Waals surface area contributed by atoms with E-state index in [1.165, 1.54) is 7.11 Å². The third-order valence-electron chi connectivity index (χ3n) is 3.52. The van der Waals surface area contributed by atoms with Crippen molar-refractivity contribution >= 4 is 30.2 Å². The minimum Gasteiger partial charge on any atom is -0.543 e. The maximum Gasteiger partial charge on any atom is 0.339 e. The number of carbonyl (C=O) groups is 1. The third kappa shape index (κ3) is 3.83. The van der Waals surface area contributed by atoms with Crippen molar-refractivity contribution in [2.24, 2.45) is 0 Å². The summed E-state index contributed by atoms with van der Waals surface area (Å²) in [5.41, 5.74) is 0.485. The molecule has 1 aromatic carbocycles. The zero-order valence-electron chi connectivity index (χ0n) is 12.3. The second-order valence-corrected chi connectivity index (χ2v) is 11.6.